The Kier molecular flexibility index (Phi) is 16.1. The van der Waals surface area contributed by atoms with Gasteiger partial charge in [-0.1, -0.05) is 32.3 Å². The summed E-state index contributed by atoms with van der Waals surface area (Å²) in [5.74, 6) is 2.62. The maximum absolute atomic E-state index is 12.2. The molecule has 5 N–H and O–H groups in total. The third-order valence-electron chi connectivity index (χ3n) is 6.74. The van der Waals surface area contributed by atoms with Crippen LogP contribution in [0.3, 0.4) is 0 Å². The van der Waals surface area contributed by atoms with Gasteiger partial charge in [0.05, 0.1) is 45.2 Å². The quantitative estimate of drug-likeness (QED) is 0.0392. The maximum atomic E-state index is 12.2. The number of pyridine rings is 2. The highest BCUT2D eigenvalue weighted by molar-refractivity contribution is 7.99. The van der Waals surface area contributed by atoms with E-state index >= 15 is 0 Å². The van der Waals surface area contributed by atoms with E-state index in [0.29, 0.717) is 55.6 Å². The second kappa shape index (κ2) is 20.6. The van der Waals surface area contributed by atoms with Gasteiger partial charge in [-0.05, 0) is 48.6 Å². The van der Waals surface area contributed by atoms with Gasteiger partial charge in [0.25, 0.3) is 11.6 Å². The molecule has 0 saturated carbocycles. The number of thioether (sulfide) groups is 1. The molecule has 16 nitrogen and oxygen atoms in total. The van der Waals surface area contributed by atoms with Crippen LogP contribution in [0.1, 0.15) is 7.43 Å². The van der Waals surface area contributed by atoms with Crippen LogP contribution in [-0.4, -0.2) is 81.8 Å². The summed E-state index contributed by atoms with van der Waals surface area (Å²) in [6.07, 6.45) is 3.15. The van der Waals surface area contributed by atoms with Crippen LogP contribution in [0.25, 0.3) is 31.8 Å². The number of halogens is 1. The van der Waals surface area contributed by atoms with E-state index in [4.69, 9.17) is 55.9 Å². The van der Waals surface area contributed by atoms with E-state index in [1.807, 2.05) is 0 Å². The number of anilines is 2. The molecule has 4 aromatic heterocycles. The number of nitrogens with zero attached hydrogens (tertiary/aromatic N) is 5. The summed E-state index contributed by atoms with van der Waals surface area (Å²) in [6, 6.07) is 13.5. The fraction of sp³-hybridized carbons (Fsp3) is 0.200. The summed E-state index contributed by atoms with van der Waals surface area (Å²) in [4.78, 5) is 50.8. The molecule has 0 spiro atoms. The van der Waals surface area contributed by atoms with Crippen molar-refractivity contribution in [2.24, 2.45) is 0 Å². The molecular formula is C35H35ClN10O6S2. The van der Waals surface area contributed by atoms with E-state index in [1.165, 1.54) is 26.0 Å². The van der Waals surface area contributed by atoms with E-state index in [-0.39, 0.29) is 36.7 Å². The molecule has 6 aromatic rings. The highest BCUT2D eigenvalue weighted by Crippen LogP contribution is 2.31. The molecule has 6 rings (SSSR count). The minimum atomic E-state index is -0.260. The fourth-order valence-corrected chi connectivity index (χ4v) is 5.31. The number of methoxy groups -OCH3 is 4. The average Bonchev–Trinajstić information content (AvgIpc) is 3.78. The Balaban J connectivity index is 0.000000237. The van der Waals surface area contributed by atoms with Crippen molar-refractivity contribution in [2.75, 3.05) is 50.7 Å². The van der Waals surface area contributed by atoms with Gasteiger partial charge in [0.2, 0.25) is 11.8 Å². The number of ether oxygens (including phenoxy) is 4. The number of carbonyl (C=O) groups excluding carboxylic acids is 2. The van der Waals surface area contributed by atoms with Crippen molar-refractivity contribution in [1.29, 1.82) is 0 Å². The highest BCUT2D eigenvalue weighted by Gasteiger charge is 2.11. The van der Waals surface area contributed by atoms with Crippen LogP contribution < -0.4 is 29.6 Å². The van der Waals surface area contributed by atoms with Gasteiger partial charge in [0, 0.05) is 23.5 Å². The number of hydrogen-bond acceptors (Lipinski definition) is 11. The Morgan fingerprint density at radius 3 is 1.81 bits per heavy atom. The first-order valence-electron chi connectivity index (χ1n) is 15.0. The monoisotopic (exact) mass is 790 g/mol. The molecule has 2 aromatic carbocycles. The summed E-state index contributed by atoms with van der Waals surface area (Å²) in [5.41, 5.74) is 4.25. The van der Waals surface area contributed by atoms with Gasteiger partial charge in [0.1, 0.15) is 29.3 Å². The number of amides is 2. The lowest BCUT2D eigenvalue weighted by atomic mass is 10.2. The number of H-pyrrole nitrogens is 3. The van der Waals surface area contributed by atoms with E-state index in [2.05, 4.69) is 50.2 Å². The van der Waals surface area contributed by atoms with E-state index in [9.17, 15) is 9.59 Å². The molecule has 19 heteroatoms. The number of fused-ring (bicyclic) bond motifs is 2. The minimum absolute atomic E-state index is 0. The summed E-state index contributed by atoms with van der Waals surface area (Å²) in [7, 11) is 6.17. The van der Waals surface area contributed by atoms with Gasteiger partial charge in [-0.25, -0.2) is 4.98 Å². The summed E-state index contributed by atoms with van der Waals surface area (Å²) >= 11 is 11.5. The molecular weight excluding hydrogens is 756 g/mol. The lowest BCUT2D eigenvalue weighted by Crippen LogP contribution is -2.14. The normalized spacial score (nSPS) is 9.83. The smallest absolute Gasteiger partial charge is 0.271 e. The predicted molar refractivity (Wildman–Crippen MR) is 212 cm³/mol. The Morgan fingerprint density at radius 2 is 1.28 bits per heavy atom. The maximum Gasteiger partial charge on any atom is 0.271 e. The Labute approximate surface area is 324 Å². The Morgan fingerprint density at radius 1 is 0.759 bits per heavy atom. The Bertz CT molecular complexity index is 2370. The Hall–Kier alpha value is -6.34. The summed E-state index contributed by atoms with van der Waals surface area (Å²) in [6.45, 7) is 13.7. The van der Waals surface area contributed by atoms with Crippen molar-refractivity contribution >= 4 is 92.5 Å². The molecule has 4 heterocycles. The fourth-order valence-electron chi connectivity index (χ4n) is 4.34. The van der Waals surface area contributed by atoms with Crippen molar-refractivity contribution in [2.45, 2.75) is 12.6 Å². The van der Waals surface area contributed by atoms with Crippen LogP contribution in [0.15, 0.2) is 66.1 Å². The first-order chi connectivity index (χ1) is 25.6. The SMILES string of the molecule is C.COc1ccc(NC(=O)CCl)cc1OC.[C-]#[N+]c1cc2[nH]c(=S)[nH]c2cn1.[C-]#[N+]c1cc2nc(SCC(=O)Nc3ccc(OC)c(OC)c3)[nH]c2cn1. The van der Waals surface area contributed by atoms with E-state index < -0.39 is 0 Å². The van der Waals surface area contributed by atoms with Gasteiger partial charge in [0.15, 0.2) is 32.9 Å². The van der Waals surface area contributed by atoms with E-state index in [0.717, 1.165) is 16.6 Å². The molecule has 0 bridgehead atoms. The third-order valence-corrected chi connectivity index (χ3v) is 8.06. The number of aromatic nitrogens is 6. The van der Waals surface area contributed by atoms with Crippen molar-refractivity contribution < 1.29 is 28.5 Å². The van der Waals surface area contributed by atoms with Gasteiger partial charge >= 0.3 is 0 Å². The second-order valence-electron chi connectivity index (χ2n) is 10.2. The van der Waals surface area contributed by atoms with Crippen molar-refractivity contribution in [3.63, 3.8) is 0 Å². The molecule has 2 amide bonds. The molecule has 0 atom stereocenters. The summed E-state index contributed by atoms with van der Waals surface area (Å²) in [5, 5.41) is 6.00. The standard InChI is InChI=1S/C17H15N5O3S.C10H12ClNO3.C7H4N4S.CH4/c1-18-15-7-11-12(8-19-15)22-17(21-11)26-9-16(23)20-10-4-5-13(24-2)14(6-10)25-3;1-14-8-4-3-7(5-9(8)15-2)12-10(13)6-11;1-8-6-2-4-5(3-9-6)11-7(12)10-4;/h4-8H,9H2,2-3H3,(H,20,23)(H,21,22);3-5H,6H2,1-2H3,(H,12,13);2-3H,(H2,10,11,12);1H4. The van der Waals surface area contributed by atoms with Crippen molar-refractivity contribution in [1.82, 2.24) is 29.9 Å². The predicted octanol–water partition coefficient (Wildman–Crippen LogP) is 7.95. The highest BCUT2D eigenvalue weighted by atomic mass is 35.5. The number of aromatic amines is 3. The van der Waals surface area contributed by atoms with Crippen LogP contribution in [-0.2, 0) is 9.59 Å². The molecule has 54 heavy (non-hydrogen) atoms. The third kappa shape index (κ3) is 11.6. The number of imidazole rings is 2. The second-order valence-corrected chi connectivity index (χ2v) is 11.8. The molecule has 0 aliphatic heterocycles. The molecule has 0 fully saturated rings. The first-order valence-corrected chi connectivity index (χ1v) is 17.0. The average molecular weight is 791 g/mol. The lowest BCUT2D eigenvalue weighted by Gasteiger charge is -2.10. The number of nitrogens with one attached hydrogen (secondary N) is 5. The number of rotatable bonds is 10. The zero-order valence-corrected chi connectivity index (χ0v) is 31.0. The number of hydrogen-bond donors (Lipinski definition) is 5. The van der Waals surface area contributed by atoms with Crippen molar-refractivity contribution in [3.8, 4) is 23.0 Å². The van der Waals surface area contributed by atoms with E-state index in [1.54, 1.807) is 75.1 Å². The van der Waals surface area contributed by atoms with Crippen molar-refractivity contribution in [3.05, 3.63) is 88.5 Å². The molecule has 0 aliphatic carbocycles. The largest absolute Gasteiger partial charge is 0.493 e. The lowest BCUT2D eigenvalue weighted by molar-refractivity contribution is -0.114. The zero-order chi connectivity index (χ0) is 38.3. The first kappa shape index (κ1) is 42.1. The number of alkyl halides is 1. The molecule has 280 valence electrons. The topological polar surface area (TPSA) is 190 Å². The van der Waals surface area contributed by atoms with Crippen LogP contribution >= 0.6 is 35.6 Å². The molecule has 0 aliphatic rings. The van der Waals surface area contributed by atoms with Crippen LogP contribution in [0.2, 0.25) is 0 Å². The van der Waals surface area contributed by atoms with Crippen LogP contribution in [0.4, 0.5) is 23.0 Å². The minimum Gasteiger partial charge on any atom is -0.493 e. The van der Waals surface area contributed by atoms with Gasteiger partial charge < -0.3 is 54.2 Å². The van der Waals surface area contributed by atoms with Crippen LogP contribution in [0, 0.1) is 17.9 Å². The molecule has 0 saturated heterocycles. The molecule has 0 unspecified atom stereocenters. The van der Waals surface area contributed by atoms with Gasteiger partial charge in [-0.3, -0.25) is 9.59 Å². The molecule has 0 radical (unpaired) electrons. The number of carbonyl (C=O) groups is 2. The van der Waals surface area contributed by atoms with Gasteiger partial charge in [-0.2, -0.15) is 0 Å². The van der Waals surface area contributed by atoms with Gasteiger partial charge in [-0.15, -0.1) is 21.6 Å². The number of benzene rings is 2. The zero-order valence-electron chi connectivity index (χ0n) is 28.6. The van der Waals surface area contributed by atoms with Crippen LogP contribution in [0.5, 0.6) is 23.0 Å². The summed E-state index contributed by atoms with van der Waals surface area (Å²) < 4.78 is 21.1.